The molecule has 96 valence electrons. The monoisotopic (exact) mass is 251 g/mol. The highest BCUT2D eigenvalue weighted by atomic mass is 16.7. The molecule has 1 aliphatic heterocycles. The molecule has 0 spiro atoms. The van der Waals surface area contributed by atoms with Crippen molar-refractivity contribution < 1.29 is 20.1 Å². The zero-order chi connectivity index (χ0) is 12.8. The molecule has 0 saturated carbocycles. The number of aromatic nitrogens is 3. The van der Waals surface area contributed by atoms with Crippen LogP contribution in [-0.4, -0.2) is 48.7 Å². The van der Waals surface area contributed by atoms with Crippen LogP contribution in [0.3, 0.4) is 0 Å². The molecule has 7 nitrogen and oxygen atoms in total. The summed E-state index contributed by atoms with van der Waals surface area (Å²) in [5, 5.41) is 29.2. The lowest BCUT2D eigenvalue weighted by molar-refractivity contribution is -0.254. The van der Waals surface area contributed by atoms with E-state index in [1.165, 1.54) is 10.9 Å². The second-order valence-corrected chi connectivity index (χ2v) is 4.31. The van der Waals surface area contributed by atoms with Crippen molar-refractivity contribution in [1.29, 1.82) is 0 Å². The Morgan fingerprint density at radius 2 is 2.33 bits per heavy atom. The van der Waals surface area contributed by atoms with Gasteiger partial charge in [0.05, 0.1) is 24.6 Å². The van der Waals surface area contributed by atoms with Gasteiger partial charge in [-0.25, -0.2) is 9.97 Å². The standard InChI is InChI=1S/C11H13N3O4/c15-5-9-8(16)4-11(17,18-9)14-6-13-10-7(14)2-1-3-12-10/h1-3,6,8-9,15-17H,4-5H2/t8-,9+,11+/m0/s1. The maximum Gasteiger partial charge on any atom is 0.257 e. The smallest absolute Gasteiger partial charge is 0.257 e. The molecule has 3 heterocycles. The molecule has 2 aromatic heterocycles. The summed E-state index contributed by atoms with van der Waals surface area (Å²) in [4.78, 5) is 8.10. The summed E-state index contributed by atoms with van der Waals surface area (Å²) in [6, 6.07) is 3.47. The topological polar surface area (TPSA) is 101 Å². The average molecular weight is 251 g/mol. The van der Waals surface area contributed by atoms with Crippen molar-refractivity contribution in [3.63, 3.8) is 0 Å². The van der Waals surface area contributed by atoms with Gasteiger partial charge in [-0.1, -0.05) is 0 Å². The number of hydrogen-bond acceptors (Lipinski definition) is 6. The SMILES string of the molecule is OC[C@H]1O[C@@](O)(n2cnc3ncccc32)C[C@@H]1O. The van der Waals surface area contributed by atoms with Gasteiger partial charge in [-0.3, -0.25) is 4.57 Å². The van der Waals surface area contributed by atoms with Crippen molar-refractivity contribution in [2.24, 2.45) is 0 Å². The Hall–Kier alpha value is -1.54. The summed E-state index contributed by atoms with van der Waals surface area (Å²) >= 11 is 0. The zero-order valence-electron chi connectivity index (χ0n) is 9.47. The van der Waals surface area contributed by atoms with E-state index >= 15 is 0 Å². The first-order valence-electron chi connectivity index (χ1n) is 5.62. The number of fused-ring (bicyclic) bond motifs is 1. The largest absolute Gasteiger partial charge is 0.394 e. The maximum absolute atomic E-state index is 10.4. The molecule has 0 amide bonds. The fourth-order valence-electron chi connectivity index (χ4n) is 2.22. The molecule has 7 heteroatoms. The van der Waals surface area contributed by atoms with Crippen LogP contribution in [0, 0.1) is 0 Å². The number of rotatable bonds is 2. The van der Waals surface area contributed by atoms with Crippen molar-refractivity contribution in [2.45, 2.75) is 24.5 Å². The van der Waals surface area contributed by atoms with E-state index in [0.717, 1.165) is 0 Å². The molecule has 0 bridgehead atoms. The maximum atomic E-state index is 10.4. The Kier molecular flexibility index (Phi) is 2.56. The van der Waals surface area contributed by atoms with Crippen LogP contribution in [0.25, 0.3) is 11.2 Å². The van der Waals surface area contributed by atoms with Gasteiger partial charge in [0.1, 0.15) is 12.4 Å². The molecule has 0 radical (unpaired) electrons. The Bertz CT molecular complexity index is 572. The van der Waals surface area contributed by atoms with Crippen LogP contribution >= 0.6 is 0 Å². The molecular formula is C11H13N3O4. The van der Waals surface area contributed by atoms with E-state index < -0.39 is 18.1 Å². The van der Waals surface area contributed by atoms with E-state index in [2.05, 4.69) is 9.97 Å². The van der Waals surface area contributed by atoms with Crippen molar-refractivity contribution in [1.82, 2.24) is 14.5 Å². The van der Waals surface area contributed by atoms with Crippen LogP contribution in [-0.2, 0) is 10.6 Å². The third-order valence-electron chi connectivity index (χ3n) is 3.12. The second kappa shape index (κ2) is 3.99. The van der Waals surface area contributed by atoms with Crippen LogP contribution in [0.15, 0.2) is 24.7 Å². The number of hydrogen-bond donors (Lipinski definition) is 3. The van der Waals surface area contributed by atoms with E-state index in [1.54, 1.807) is 18.3 Å². The minimum Gasteiger partial charge on any atom is -0.394 e. The third kappa shape index (κ3) is 1.60. The van der Waals surface area contributed by atoms with Gasteiger partial charge in [-0.15, -0.1) is 0 Å². The average Bonchev–Trinajstić information content (AvgIpc) is 2.91. The molecule has 3 atom stereocenters. The molecular weight excluding hydrogens is 238 g/mol. The lowest BCUT2D eigenvalue weighted by atomic mass is 10.2. The zero-order valence-corrected chi connectivity index (χ0v) is 9.47. The van der Waals surface area contributed by atoms with Gasteiger partial charge >= 0.3 is 0 Å². The first-order valence-corrected chi connectivity index (χ1v) is 5.62. The lowest BCUT2D eigenvalue weighted by Crippen LogP contribution is -2.33. The molecule has 2 aromatic rings. The van der Waals surface area contributed by atoms with Crippen molar-refractivity contribution in [2.75, 3.05) is 6.61 Å². The number of ether oxygens (including phenoxy) is 1. The molecule has 0 aliphatic carbocycles. The van der Waals surface area contributed by atoms with Gasteiger partial charge in [-0.2, -0.15) is 0 Å². The fourth-order valence-corrected chi connectivity index (χ4v) is 2.22. The van der Waals surface area contributed by atoms with E-state index in [9.17, 15) is 10.2 Å². The molecule has 1 aliphatic rings. The normalized spacial score (nSPS) is 32.2. The predicted octanol–water partition coefficient (Wildman–Crippen LogP) is -0.824. The van der Waals surface area contributed by atoms with Gasteiger partial charge in [-0.05, 0) is 12.1 Å². The van der Waals surface area contributed by atoms with Crippen molar-refractivity contribution in [3.05, 3.63) is 24.7 Å². The number of imidazole rings is 1. The Labute approximate surface area is 102 Å². The minimum atomic E-state index is -1.70. The van der Waals surface area contributed by atoms with Crippen molar-refractivity contribution in [3.8, 4) is 0 Å². The highest BCUT2D eigenvalue weighted by Gasteiger charge is 2.46. The highest BCUT2D eigenvalue weighted by Crippen LogP contribution is 2.34. The van der Waals surface area contributed by atoms with Crippen LogP contribution in [0.4, 0.5) is 0 Å². The molecule has 3 rings (SSSR count). The van der Waals surface area contributed by atoms with Gasteiger partial charge in [0.25, 0.3) is 5.91 Å². The Balaban J connectivity index is 2.04. The quantitative estimate of drug-likeness (QED) is 0.644. The molecule has 1 fully saturated rings. The second-order valence-electron chi connectivity index (χ2n) is 4.31. The molecule has 3 N–H and O–H groups in total. The number of aliphatic hydroxyl groups is 3. The number of aliphatic hydroxyl groups excluding tert-OH is 2. The van der Waals surface area contributed by atoms with Crippen LogP contribution in [0.1, 0.15) is 6.42 Å². The Morgan fingerprint density at radius 3 is 3.06 bits per heavy atom. The third-order valence-corrected chi connectivity index (χ3v) is 3.12. The van der Waals surface area contributed by atoms with Gasteiger partial charge in [0.15, 0.2) is 5.65 Å². The fraction of sp³-hybridized carbons (Fsp3) is 0.455. The Morgan fingerprint density at radius 1 is 1.50 bits per heavy atom. The van der Waals surface area contributed by atoms with Gasteiger partial charge < -0.3 is 20.1 Å². The van der Waals surface area contributed by atoms with Gasteiger partial charge in [0.2, 0.25) is 0 Å². The highest BCUT2D eigenvalue weighted by molar-refractivity contribution is 5.70. The molecule has 18 heavy (non-hydrogen) atoms. The minimum absolute atomic E-state index is 0.0292. The molecule has 0 unspecified atom stereocenters. The summed E-state index contributed by atoms with van der Waals surface area (Å²) < 4.78 is 6.72. The summed E-state index contributed by atoms with van der Waals surface area (Å²) in [6.45, 7) is -0.353. The number of nitrogens with zero attached hydrogens (tertiary/aromatic N) is 3. The molecule has 0 aromatic carbocycles. The van der Waals surface area contributed by atoms with E-state index in [1.807, 2.05) is 0 Å². The van der Waals surface area contributed by atoms with Gasteiger partial charge in [0, 0.05) is 6.20 Å². The van der Waals surface area contributed by atoms with Crippen LogP contribution < -0.4 is 0 Å². The summed E-state index contributed by atoms with van der Waals surface area (Å²) in [5.41, 5.74) is 1.09. The van der Waals surface area contributed by atoms with Crippen LogP contribution in [0.5, 0.6) is 0 Å². The first-order chi connectivity index (χ1) is 8.64. The summed E-state index contributed by atoms with van der Waals surface area (Å²) in [7, 11) is 0. The first kappa shape index (κ1) is 11.5. The van der Waals surface area contributed by atoms with E-state index in [0.29, 0.717) is 11.2 Å². The van der Waals surface area contributed by atoms with Crippen LogP contribution in [0.2, 0.25) is 0 Å². The number of pyridine rings is 1. The predicted molar refractivity (Wildman–Crippen MR) is 60.3 cm³/mol. The summed E-state index contributed by atoms with van der Waals surface area (Å²) in [5.74, 6) is -1.70. The summed E-state index contributed by atoms with van der Waals surface area (Å²) in [6.07, 6.45) is 1.26. The van der Waals surface area contributed by atoms with E-state index in [-0.39, 0.29) is 13.0 Å². The lowest BCUT2D eigenvalue weighted by Gasteiger charge is -2.24. The molecule has 1 saturated heterocycles. The van der Waals surface area contributed by atoms with E-state index in [4.69, 9.17) is 9.84 Å². The van der Waals surface area contributed by atoms with Crippen molar-refractivity contribution >= 4 is 11.2 Å².